The van der Waals surface area contributed by atoms with Gasteiger partial charge in [-0.2, -0.15) is 9.67 Å². The molecule has 8 heteroatoms. The lowest BCUT2D eigenvalue weighted by molar-refractivity contribution is 0.392. The molecule has 0 atom stereocenters. The molecule has 3 rings (SSSR count). The maximum atomic E-state index is 5.76. The average Bonchev–Trinajstić information content (AvgIpc) is 2.97. The molecule has 0 radical (unpaired) electrons. The number of benzene rings is 1. The highest BCUT2D eigenvalue weighted by atomic mass is 79.9. The minimum atomic E-state index is 0.373. The van der Waals surface area contributed by atoms with Crippen LogP contribution in [0.3, 0.4) is 0 Å². The van der Waals surface area contributed by atoms with Crippen LogP contribution in [0.2, 0.25) is 0 Å². The zero-order chi connectivity index (χ0) is 14.8. The summed E-state index contributed by atoms with van der Waals surface area (Å²) in [7, 11) is 1.54. The van der Waals surface area contributed by atoms with Crippen LogP contribution in [0.25, 0.3) is 17.3 Å². The number of rotatable bonds is 3. The Hall–Kier alpha value is -2.48. The van der Waals surface area contributed by atoms with Crippen molar-refractivity contribution in [1.29, 1.82) is 0 Å². The largest absolute Gasteiger partial charge is 0.480 e. The summed E-state index contributed by atoms with van der Waals surface area (Å²) in [5, 5.41) is 4.35. The fourth-order valence-corrected chi connectivity index (χ4v) is 2.12. The number of halogens is 1. The number of methoxy groups -OCH3 is 1. The standard InChI is InChI=1S/C13H11BrN6O/c1-21-12-10(14)6-16-13(18-12)20-7-17-11(19-20)8-3-2-4-9(15)5-8/h2-7H,15H2,1H3. The Morgan fingerprint density at radius 1 is 1.29 bits per heavy atom. The summed E-state index contributed by atoms with van der Waals surface area (Å²) in [6, 6.07) is 7.36. The van der Waals surface area contributed by atoms with Gasteiger partial charge in [0, 0.05) is 11.3 Å². The molecule has 0 bridgehead atoms. The first-order valence-corrected chi connectivity index (χ1v) is 6.81. The third-order valence-corrected chi connectivity index (χ3v) is 3.28. The Morgan fingerprint density at radius 2 is 2.14 bits per heavy atom. The fraction of sp³-hybridized carbons (Fsp3) is 0.0769. The summed E-state index contributed by atoms with van der Waals surface area (Å²) in [6.07, 6.45) is 3.14. The molecule has 21 heavy (non-hydrogen) atoms. The normalized spacial score (nSPS) is 10.6. The Bertz CT molecular complexity index is 788. The van der Waals surface area contributed by atoms with Gasteiger partial charge >= 0.3 is 0 Å². The van der Waals surface area contributed by atoms with E-state index in [4.69, 9.17) is 10.5 Å². The van der Waals surface area contributed by atoms with Gasteiger partial charge in [-0.15, -0.1) is 5.10 Å². The molecule has 0 unspecified atom stereocenters. The van der Waals surface area contributed by atoms with E-state index in [0.717, 1.165) is 5.56 Å². The van der Waals surface area contributed by atoms with E-state index in [1.807, 2.05) is 24.3 Å². The van der Waals surface area contributed by atoms with Gasteiger partial charge in [0.15, 0.2) is 5.82 Å². The van der Waals surface area contributed by atoms with Crippen LogP contribution in [0.5, 0.6) is 5.88 Å². The number of aromatic nitrogens is 5. The van der Waals surface area contributed by atoms with Crippen molar-refractivity contribution in [2.24, 2.45) is 0 Å². The highest BCUT2D eigenvalue weighted by Gasteiger charge is 2.10. The van der Waals surface area contributed by atoms with Gasteiger partial charge in [-0.05, 0) is 28.1 Å². The monoisotopic (exact) mass is 346 g/mol. The molecule has 0 spiro atoms. The van der Waals surface area contributed by atoms with Crippen molar-refractivity contribution in [2.75, 3.05) is 12.8 Å². The lowest BCUT2D eigenvalue weighted by Crippen LogP contribution is -2.03. The van der Waals surface area contributed by atoms with Crippen LogP contribution in [0.1, 0.15) is 0 Å². The van der Waals surface area contributed by atoms with Gasteiger partial charge in [-0.25, -0.2) is 9.97 Å². The highest BCUT2D eigenvalue weighted by Crippen LogP contribution is 2.22. The van der Waals surface area contributed by atoms with Gasteiger partial charge in [0.05, 0.1) is 17.8 Å². The van der Waals surface area contributed by atoms with E-state index in [-0.39, 0.29) is 0 Å². The summed E-state index contributed by atoms with van der Waals surface area (Å²) in [5.41, 5.74) is 7.25. The van der Waals surface area contributed by atoms with E-state index < -0.39 is 0 Å². The Labute approximate surface area is 128 Å². The number of anilines is 1. The third kappa shape index (κ3) is 2.70. The molecule has 0 aliphatic rings. The van der Waals surface area contributed by atoms with E-state index in [2.05, 4.69) is 36.0 Å². The van der Waals surface area contributed by atoms with Crippen molar-refractivity contribution in [2.45, 2.75) is 0 Å². The predicted molar refractivity (Wildman–Crippen MR) is 81.0 cm³/mol. The summed E-state index contributed by atoms with van der Waals surface area (Å²) in [6.45, 7) is 0. The van der Waals surface area contributed by atoms with E-state index >= 15 is 0 Å². The number of nitrogen functional groups attached to an aromatic ring is 1. The van der Waals surface area contributed by atoms with Gasteiger partial charge in [0.25, 0.3) is 5.95 Å². The molecule has 0 aliphatic heterocycles. The first-order valence-electron chi connectivity index (χ1n) is 6.02. The van der Waals surface area contributed by atoms with Crippen molar-refractivity contribution in [3.05, 3.63) is 41.3 Å². The summed E-state index contributed by atoms with van der Waals surface area (Å²) in [5.74, 6) is 1.35. The van der Waals surface area contributed by atoms with Crippen LogP contribution in [-0.4, -0.2) is 31.8 Å². The number of hydrogen-bond acceptors (Lipinski definition) is 6. The molecule has 0 saturated heterocycles. The molecule has 0 fully saturated rings. The lowest BCUT2D eigenvalue weighted by atomic mass is 10.2. The first kappa shape index (κ1) is 13.5. The van der Waals surface area contributed by atoms with E-state index in [1.165, 1.54) is 11.8 Å². The van der Waals surface area contributed by atoms with Gasteiger partial charge in [-0.3, -0.25) is 0 Å². The zero-order valence-electron chi connectivity index (χ0n) is 11.1. The molecule has 106 valence electrons. The van der Waals surface area contributed by atoms with Crippen molar-refractivity contribution in [3.8, 4) is 23.2 Å². The van der Waals surface area contributed by atoms with E-state index in [1.54, 1.807) is 12.5 Å². The van der Waals surface area contributed by atoms with Crippen molar-refractivity contribution in [1.82, 2.24) is 24.7 Å². The molecule has 2 N–H and O–H groups in total. The van der Waals surface area contributed by atoms with E-state index in [0.29, 0.717) is 27.8 Å². The second-order valence-corrected chi connectivity index (χ2v) is 5.02. The molecule has 3 aromatic rings. The molecule has 0 amide bonds. The van der Waals surface area contributed by atoms with Crippen molar-refractivity contribution < 1.29 is 4.74 Å². The van der Waals surface area contributed by atoms with Gasteiger partial charge < -0.3 is 10.5 Å². The molecule has 0 saturated carbocycles. The van der Waals surface area contributed by atoms with E-state index in [9.17, 15) is 0 Å². The number of nitrogens with two attached hydrogens (primary N) is 1. The first-order chi connectivity index (χ1) is 10.2. The quantitative estimate of drug-likeness (QED) is 0.730. The fourth-order valence-electron chi connectivity index (χ4n) is 1.77. The highest BCUT2D eigenvalue weighted by molar-refractivity contribution is 9.10. The topological polar surface area (TPSA) is 91.7 Å². The van der Waals surface area contributed by atoms with Gasteiger partial charge in [0.2, 0.25) is 5.88 Å². The van der Waals surface area contributed by atoms with Crippen LogP contribution >= 0.6 is 15.9 Å². The smallest absolute Gasteiger partial charge is 0.255 e. The molecular formula is C13H11BrN6O. The summed E-state index contributed by atoms with van der Waals surface area (Å²) >= 11 is 3.30. The maximum Gasteiger partial charge on any atom is 0.255 e. The maximum absolute atomic E-state index is 5.76. The molecule has 2 heterocycles. The Morgan fingerprint density at radius 3 is 2.90 bits per heavy atom. The molecule has 0 aliphatic carbocycles. The SMILES string of the molecule is COc1nc(-n2cnc(-c3cccc(N)c3)n2)ncc1Br. The predicted octanol–water partition coefficient (Wildman–Crippen LogP) is 2.08. The molecular weight excluding hydrogens is 336 g/mol. The number of nitrogens with zero attached hydrogens (tertiary/aromatic N) is 5. The minimum Gasteiger partial charge on any atom is -0.480 e. The van der Waals surface area contributed by atoms with Gasteiger partial charge in [-0.1, -0.05) is 12.1 Å². The Kier molecular flexibility index (Phi) is 3.53. The molecule has 1 aromatic carbocycles. The molecule has 7 nitrogen and oxygen atoms in total. The van der Waals surface area contributed by atoms with Gasteiger partial charge in [0.1, 0.15) is 6.33 Å². The summed E-state index contributed by atoms with van der Waals surface area (Å²) in [4.78, 5) is 12.7. The van der Waals surface area contributed by atoms with Crippen LogP contribution < -0.4 is 10.5 Å². The second kappa shape index (κ2) is 5.49. The lowest BCUT2D eigenvalue weighted by Gasteiger charge is -2.03. The van der Waals surface area contributed by atoms with Crippen molar-refractivity contribution in [3.63, 3.8) is 0 Å². The molecule has 2 aromatic heterocycles. The summed E-state index contributed by atoms with van der Waals surface area (Å²) < 4.78 is 7.29. The van der Waals surface area contributed by atoms with Crippen molar-refractivity contribution >= 4 is 21.6 Å². The average molecular weight is 347 g/mol. The second-order valence-electron chi connectivity index (χ2n) is 4.17. The minimum absolute atomic E-state index is 0.373. The van der Waals surface area contributed by atoms with Crippen LogP contribution in [0.4, 0.5) is 5.69 Å². The zero-order valence-corrected chi connectivity index (χ0v) is 12.6. The number of ether oxygens (including phenoxy) is 1. The third-order valence-electron chi connectivity index (χ3n) is 2.73. The van der Waals surface area contributed by atoms with Crippen LogP contribution in [0.15, 0.2) is 41.3 Å². The van der Waals surface area contributed by atoms with Crippen LogP contribution in [0, 0.1) is 0 Å². The Balaban J connectivity index is 1.98. The number of hydrogen-bond donors (Lipinski definition) is 1. The van der Waals surface area contributed by atoms with Crippen LogP contribution in [-0.2, 0) is 0 Å².